The molecule has 0 radical (unpaired) electrons. The van der Waals surface area contributed by atoms with Crippen LogP contribution in [0.3, 0.4) is 0 Å². The molecule has 2 rings (SSSR count). The maximum Gasteiger partial charge on any atom is 0.335 e. The molecule has 0 saturated carbocycles. The van der Waals surface area contributed by atoms with Gasteiger partial charge in [-0.3, -0.25) is 14.8 Å². The van der Waals surface area contributed by atoms with Crippen molar-refractivity contribution in [3.63, 3.8) is 0 Å². The lowest BCUT2D eigenvalue weighted by atomic mass is 10.2. The molecule has 1 aromatic carbocycles. The Labute approximate surface area is 135 Å². The number of aliphatic imine (C=N–C) groups is 1. The summed E-state index contributed by atoms with van der Waals surface area (Å²) in [6, 6.07) is 6.79. The van der Waals surface area contributed by atoms with E-state index < -0.39 is 17.1 Å². The number of rotatable bonds is 4. The maximum absolute atomic E-state index is 12.0. The highest BCUT2D eigenvalue weighted by Crippen LogP contribution is 2.18. The van der Waals surface area contributed by atoms with Crippen LogP contribution in [0.1, 0.15) is 25.8 Å². The van der Waals surface area contributed by atoms with Gasteiger partial charge in [-0.15, -0.1) is 0 Å². The number of halogens is 1. The molecular weight excluding hydrogens is 350 g/mol. The van der Waals surface area contributed by atoms with Crippen LogP contribution >= 0.6 is 15.9 Å². The summed E-state index contributed by atoms with van der Waals surface area (Å²) in [6.07, 6.45) is 2.11. The topological polar surface area (TPSA) is 87.4 Å². The number of aromatic nitrogens is 2. The van der Waals surface area contributed by atoms with Crippen LogP contribution in [0.2, 0.25) is 0 Å². The van der Waals surface area contributed by atoms with E-state index in [9.17, 15) is 14.7 Å². The summed E-state index contributed by atoms with van der Waals surface area (Å²) in [5, 5.41) is 10.3. The lowest BCUT2D eigenvalue weighted by Gasteiger charge is -2.10. The standard InChI is InChI=1S/C15H16BrN3O3/c1-3-9(2)17-8-12-13(20)18-15(22)19(14(12)21)11-6-4-10(16)5-7-11/h4-9,21H,3H2,1-2H3,(H,18,20,22)/t9-/m0/s1. The van der Waals surface area contributed by atoms with E-state index in [1.165, 1.54) is 6.21 Å². The summed E-state index contributed by atoms with van der Waals surface area (Å²) in [7, 11) is 0. The molecule has 0 fully saturated rings. The molecule has 22 heavy (non-hydrogen) atoms. The van der Waals surface area contributed by atoms with E-state index in [2.05, 4.69) is 25.9 Å². The van der Waals surface area contributed by atoms with Gasteiger partial charge in [0.25, 0.3) is 5.56 Å². The second-order valence-corrected chi connectivity index (χ2v) is 5.76. The lowest BCUT2D eigenvalue weighted by Crippen LogP contribution is -2.31. The van der Waals surface area contributed by atoms with Crippen LogP contribution < -0.4 is 11.2 Å². The predicted octanol–water partition coefficient (Wildman–Crippen LogP) is 2.21. The molecule has 1 heterocycles. The van der Waals surface area contributed by atoms with Crippen LogP contribution in [0.25, 0.3) is 5.69 Å². The molecule has 7 heteroatoms. The Morgan fingerprint density at radius 1 is 1.36 bits per heavy atom. The Balaban J connectivity index is 2.61. The summed E-state index contributed by atoms with van der Waals surface area (Å²) in [6.45, 7) is 3.86. The van der Waals surface area contributed by atoms with Gasteiger partial charge in [0.15, 0.2) is 0 Å². The normalized spacial score (nSPS) is 12.7. The van der Waals surface area contributed by atoms with Crippen molar-refractivity contribution in [1.29, 1.82) is 0 Å². The van der Waals surface area contributed by atoms with Crippen molar-refractivity contribution >= 4 is 22.1 Å². The Morgan fingerprint density at radius 2 is 2.00 bits per heavy atom. The van der Waals surface area contributed by atoms with Crippen molar-refractivity contribution in [2.75, 3.05) is 0 Å². The molecule has 0 aliphatic carbocycles. The average Bonchev–Trinajstić information content (AvgIpc) is 2.48. The third kappa shape index (κ3) is 3.36. The number of benzene rings is 1. The van der Waals surface area contributed by atoms with Gasteiger partial charge in [-0.25, -0.2) is 9.36 Å². The van der Waals surface area contributed by atoms with Gasteiger partial charge >= 0.3 is 5.69 Å². The van der Waals surface area contributed by atoms with Crippen molar-refractivity contribution in [2.45, 2.75) is 26.3 Å². The highest BCUT2D eigenvalue weighted by molar-refractivity contribution is 9.10. The van der Waals surface area contributed by atoms with E-state index in [0.717, 1.165) is 15.5 Å². The zero-order valence-corrected chi connectivity index (χ0v) is 13.8. The van der Waals surface area contributed by atoms with Gasteiger partial charge in [-0.1, -0.05) is 22.9 Å². The van der Waals surface area contributed by atoms with Crippen LogP contribution in [0.5, 0.6) is 5.88 Å². The summed E-state index contributed by atoms with van der Waals surface area (Å²) in [5.41, 5.74) is -0.962. The summed E-state index contributed by atoms with van der Waals surface area (Å²) >= 11 is 3.30. The van der Waals surface area contributed by atoms with Gasteiger partial charge in [0, 0.05) is 16.7 Å². The SMILES string of the molecule is CC[C@H](C)N=Cc1c(O)n(-c2ccc(Br)cc2)c(=O)[nH]c1=O. The number of aromatic amines is 1. The Bertz CT molecular complexity index is 806. The molecule has 116 valence electrons. The third-order valence-electron chi connectivity index (χ3n) is 3.25. The maximum atomic E-state index is 12.0. The van der Waals surface area contributed by atoms with Gasteiger partial charge < -0.3 is 5.11 Å². The van der Waals surface area contributed by atoms with Gasteiger partial charge in [0.2, 0.25) is 5.88 Å². The van der Waals surface area contributed by atoms with Crippen molar-refractivity contribution in [3.05, 3.63) is 55.1 Å². The molecule has 0 unspecified atom stereocenters. The minimum Gasteiger partial charge on any atom is -0.493 e. The smallest absolute Gasteiger partial charge is 0.335 e. The van der Waals surface area contributed by atoms with Crippen molar-refractivity contribution < 1.29 is 5.11 Å². The van der Waals surface area contributed by atoms with E-state index in [1.807, 2.05) is 13.8 Å². The van der Waals surface area contributed by atoms with Gasteiger partial charge in [-0.2, -0.15) is 0 Å². The zero-order valence-electron chi connectivity index (χ0n) is 12.2. The molecular formula is C15H16BrN3O3. The highest BCUT2D eigenvalue weighted by Gasteiger charge is 2.14. The first-order valence-electron chi connectivity index (χ1n) is 6.81. The molecule has 6 nitrogen and oxygen atoms in total. The molecule has 0 saturated heterocycles. The largest absolute Gasteiger partial charge is 0.493 e. The van der Waals surface area contributed by atoms with Gasteiger partial charge in [0.05, 0.1) is 5.69 Å². The van der Waals surface area contributed by atoms with Crippen molar-refractivity contribution in [2.24, 2.45) is 4.99 Å². The molecule has 0 spiro atoms. The molecule has 0 aliphatic rings. The summed E-state index contributed by atoms with van der Waals surface area (Å²) in [5.74, 6) is -0.428. The van der Waals surface area contributed by atoms with Crippen LogP contribution in [0.15, 0.2) is 43.3 Å². The highest BCUT2D eigenvalue weighted by atomic mass is 79.9. The first-order valence-corrected chi connectivity index (χ1v) is 7.60. The van der Waals surface area contributed by atoms with Gasteiger partial charge in [-0.05, 0) is 37.6 Å². The van der Waals surface area contributed by atoms with Crippen LogP contribution in [-0.2, 0) is 0 Å². The monoisotopic (exact) mass is 365 g/mol. The number of H-pyrrole nitrogens is 1. The lowest BCUT2D eigenvalue weighted by molar-refractivity contribution is 0.430. The molecule has 2 aromatic rings. The number of hydrogen-bond acceptors (Lipinski definition) is 4. The first-order chi connectivity index (χ1) is 10.4. The predicted molar refractivity (Wildman–Crippen MR) is 89.4 cm³/mol. The molecule has 0 aliphatic heterocycles. The van der Waals surface area contributed by atoms with E-state index in [-0.39, 0.29) is 11.6 Å². The third-order valence-corrected chi connectivity index (χ3v) is 3.78. The summed E-state index contributed by atoms with van der Waals surface area (Å²) in [4.78, 5) is 30.2. The number of aromatic hydroxyl groups is 1. The van der Waals surface area contributed by atoms with E-state index in [4.69, 9.17) is 0 Å². The zero-order chi connectivity index (χ0) is 16.3. The van der Waals surface area contributed by atoms with Crippen molar-refractivity contribution in [1.82, 2.24) is 9.55 Å². The average molecular weight is 366 g/mol. The quantitative estimate of drug-likeness (QED) is 0.814. The molecule has 0 amide bonds. The number of hydrogen-bond donors (Lipinski definition) is 2. The fourth-order valence-corrected chi connectivity index (χ4v) is 2.06. The molecule has 0 bridgehead atoms. The Kier molecular flexibility index (Phi) is 4.97. The summed E-state index contributed by atoms with van der Waals surface area (Å²) < 4.78 is 1.87. The number of nitrogens with one attached hydrogen (secondary N) is 1. The minimum atomic E-state index is -0.703. The van der Waals surface area contributed by atoms with Crippen LogP contribution in [-0.4, -0.2) is 26.9 Å². The van der Waals surface area contributed by atoms with E-state index >= 15 is 0 Å². The van der Waals surface area contributed by atoms with Gasteiger partial charge in [0.1, 0.15) is 5.56 Å². The van der Waals surface area contributed by atoms with E-state index in [1.54, 1.807) is 24.3 Å². The molecule has 2 N–H and O–H groups in total. The van der Waals surface area contributed by atoms with Crippen LogP contribution in [0, 0.1) is 0 Å². The fourth-order valence-electron chi connectivity index (χ4n) is 1.79. The van der Waals surface area contributed by atoms with Crippen molar-refractivity contribution in [3.8, 4) is 11.6 Å². The minimum absolute atomic E-state index is 0.0202. The molecule has 1 atom stereocenters. The molecule has 1 aromatic heterocycles. The second kappa shape index (κ2) is 6.74. The Morgan fingerprint density at radius 3 is 2.59 bits per heavy atom. The first kappa shape index (κ1) is 16.2. The number of nitrogens with zero attached hydrogens (tertiary/aromatic N) is 2. The Hall–Kier alpha value is -2.15. The second-order valence-electron chi connectivity index (χ2n) is 4.84. The van der Waals surface area contributed by atoms with E-state index in [0.29, 0.717) is 5.69 Å². The van der Waals surface area contributed by atoms with Crippen LogP contribution in [0.4, 0.5) is 0 Å². The fraction of sp³-hybridized carbons (Fsp3) is 0.267.